The van der Waals surface area contributed by atoms with Gasteiger partial charge in [-0.05, 0) is 43.5 Å². The average Bonchev–Trinajstić information content (AvgIpc) is 2.68. The first-order chi connectivity index (χ1) is 8.81. The van der Waals surface area contributed by atoms with Crippen LogP contribution in [0.5, 0.6) is 0 Å². The van der Waals surface area contributed by atoms with Gasteiger partial charge in [-0.2, -0.15) is 0 Å². The number of ketones is 1. The molecule has 1 aromatic carbocycles. The summed E-state index contributed by atoms with van der Waals surface area (Å²) in [6, 6.07) is 8.18. The zero-order valence-corrected chi connectivity index (χ0v) is 11.3. The number of rotatable bonds is 4. The fraction of sp³-hybridized carbons (Fsp3) is 0.562. The molecule has 1 fully saturated rings. The fourth-order valence-corrected chi connectivity index (χ4v) is 2.56. The van der Waals surface area contributed by atoms with E-state index in [1.54, 1.807) is 0 Å². The van der Waals surface area contributed by atoms with E-state index in [1.165, 1.54) is 31.4 Å². The smallest absolute Gasteiger partial charge is 0.162 e. The van der Waals surface area contributed by atoms with Crippen molar-refractivity contribution in [1.82, 2.24) is 0 Å². The maximum absolute atomic E-state index is 11.8. The SMILES string of the molecule is CCCC(=O)c1ccc(N2CCCCCC2)cc1. The summed E-state index contributed by atoms with van der Waals surface area (Å²) in [6.07, 6.45) is 6.86. The van der Waals surface area contributed by atoms with Crippen LogP contribution in [0.25, 0.3) is 0 Å². The van der Waals surface area contributed by atoms with Gasteiger partial charge in [0.1, 0.15) is 0 Å². The van der Waals surface area contributed by atoms with E-state index in [0.717, 1.165) is 25.1 Å². The summed E-state index contributed by atoms with van der Waals surface area (Å²) in [6.45, 7) is 4.36. The van der Waals surface area contributed by atoms with Gasteiger partial charge in [-0.25, -0.2) is 0 Å². The summed E-state index contributed by atoms with van der Waals surface area (Å²) in [7, 11) is 0. The summed E-state index contributed by atoms with van der Waals surface area (Å²) >= 11 is 0. The molecule has 0 bridgehead atoms. The van der Waals surface area contributed by atoms with Crippen LogP contribution < -0.4 is 4.90 Å². The van der Waals surface area contributed by atoms with Crippen molar-refractivity contribution in [1.29, 1.82) is 0 Å². The Morgan fingerprint density at radius 3 is 2.22 bits per heavy atom. The molecule has 1 saturated heterocycles. The number of carbonyl (C=O) groups excluding carboxylic acids is 1. The minimum absolute atomic E-state index is 0.264. The van der Waals surface area contributed by atoms with Crippen LogP contribution in [-0.2, 0) is 0 Å². The van der Waals surface area contributed by atoms with Gasteiger partial charge in [0, 0.05) is 30.8 Å². The molecule has 2 nitrogen and oxygen atoms in total. The highest BCUT2D eigenvalue weighted by molar-refractivity contribution is 5.96. The summed E-state index contributed by atoms with van der Waals surface area (Å²) in [5.41, 5.74) is 2.13. The number of hydrogen-bond donors (Lipinski definition) is 0. The molecule has 98 valence electrons. The number of benzene rings is 1. The van der Waals surface area contributed by atoms with Crippen LogP contribution in [0.3, 0.4) is 0 Å². The Morgan fingerprint density at radius 2 is 1.67 bits per heavy atom. The lowest BCUT2D eigenvalue weighted by atomic mass is 10.1. The molecule has 1 heterocycles. The molecule has 1 aromatic rings. The lowest BCUT2D eigenvalue weighted by Gasteiger charge is -2.22. The van der Waals surface area contributed by atoms with Crippen LogP contribution in [0.4, 0.5) is 5.69 Å². The highest BCUT2D eigenvalue weighted by Crippen LogP contribution is 2.20. The van der Waals surface area contributed by atoms with Gasteiger partial charge in [0.2, 0.25) is 0 Å². The maximum atomic E-state index is 11.8. The number of carbonyl (C=O) groups is 1. The highest BCUT2D eigenvalue weighted by Gasteiger charge is 2.10. The molecule has 0 atom stereocenters. The maximum Gasteiger partial charge on any atom is 0.162 e. The second kappa shape index (κ2) is 6.58. The van der Waals surface area contributed by atoms with Crippen LogP contribution in [-0.4, -0.2) is 18.9 Å². The molecule has 0 N–H and O–H groups in total. The average molecular weight is 245 g/mol. The second-order valence-electron chi connectivity index (χ2n) is 5.12. The summed E-state index contributed by atoms with van der Waals surface area (Å²) < 4.78 is 0. The normalized spacial score (nSPS) is 16.4. The molecule has 2 heteroatoms. The quantitative estimate of drug-likeness (QED) is 0.746. The molecule has 1 aliphatic heterocycles. The molecular formula is C16H23NO. The minimum atomic E-state index is 0.264. The van der Waals surface area contributed by atoms with E-state index in [4.69, 9.17) is 0 Å². The van der Waals surface area contributed by atoms with Crippen LogP contribution >= 0.6 is 0 Å². The van der Waals surface area contributed by atoms with Gasteiger partial charge in [-0.1, -0.05) is 19.8 Å². The summed E-state index contributed by atoms with van der Waals surface area (Å²) in [5, 5.41) is 0. The second-order valence-corrected chi connectivity index (χ2v) is 5.12. The first kappa shape index (κ1) is 13.1. The Balaban J connectivity index is 2.04. The van der Waals surface area contributed by atoms with Crippen LogP contribution in [0.15, 0.2) is 24.3 Å². The molecule has 0 radical (unpaired) electrons. The first-order valence-electron chi connectivity index (χ1n) is 7.19. The fourth-order valence-electron chi connectivity index (χ4n) is 2.56. The lowest BCUT2D eigenvalue weighted by Crippen LogP contribution is -2.23. The Morgan fingerprint density at radius 1 is 1.06 bits per heavy atom. The third kappa shape index (κ3) is 3.34. The molecule has 18 heavy (non-hydrogen) atoms. The molecule has 0 saturated carbocycles. The zero-order chi connectivity index (χ0) is 12.8. The van der Waals surface area contributed by atoms with Crippen molar-refractivity contribution in [2.45, 2.75) is 45.4 Å². The topological polar surface area (TPSA) is 20.3 Å². The van der Waals surface area contributed by atoms with Crippen molar-refractivity contribution in [3.05, 3.63) is 29.8 Å². The Bertz CT molecular complexity index is 375. The third-order valence-corrected chi connectivity index (χ3v) is 3.64. The van der Waals surface area contributed by atoms with E-state index >= 15 is 0 Å². The van der Waals surface area contributed by atoms with Crippen molar-refractivity contribution in [3.63, 3.8) is 0 Å². The molecule has 0 unspecified atom stereocenters. The molecule has 0 aromatic heterocycles. The first-order valence-corrected chi connectivity index (χ1v) is 7.19. The predicted octanol–water partition coefficient (Wildman–Crippen LogP) is 4.05. The number of anilines is 1. The molecule has 0 amide bonds. The van der Waals surface area contributed by atoms with Crippen LogP contribution in [0, 0.1) is 0 Å². The number of nitrogens with zero attached hydrogens (tertiary/aromatic N) is 1. The van der Waals surface area contributed by atoms with Crippen molar-refractivity contribution in [3.8, 4) is 0 Å². The number of Topliss-reactive ketones (excluding diaryl/α,β-unsaturated/α-hetero) is 1. The zero-order valence-electron chi connectivity index (χ0n) is 11.3. The van der Waals surface area contributed by atoms with Gasteiger partial charge < -0.3 is 4.90 Å². The van der Waals surface area contributed by atoms with Gasteiger partial charge >= 0.3 is 0 Å². The highest BCUT2D eigenvalue weighted by atomic mass is 16.1. The molecule has 0 spiro atoms. The Kier molecular flexibility index (Phi) is 4.80. The Hall–Kier alpha value is -1.31. The van der Waals surface area contributed by atoms with E-state index in [2.05, 4.69) is 17.0 Å². The lowest BCUT2D eigenvalue weighted by molar-refractivity contribution is 0.0982. The van der Waals surface area contributed by atoms with Gasteiger partial charge in [0.15, 0.2) is 5.78 Å². The van der Waals surface area contributed by atoms with Gasteiger partial charge in [-0.15, -0.1) is 0 Å². The molecule has 0 aliphatic carbocycles. The van der Waals surface area contributed by atoms with Crippen molar-refractivity contribution < 1.29 is 4.79 Å². The van der Waals surface area contributed by atoms with E-state index in [-0.39, 0.29) is 5.78 Å². The van der Waals surface area contributed by atoms with Crippen molar-refractivity contribution in [2.75, 3.05) is 18.0 Å². The van der Waals surface area contributed by atoms with E-state index in [1.807, 2.05) is 19.1 Å². The largest absolute Gasteiger partial charge is 0.372 e. The van der Waals surface area contributed by atoms with Gasteiger partial charge in [0.05, 0.1) is 0 Å². The minimum Gasteiger partial charge on any atom is -0.372 e. The number of hydrogen-bond acceptors (Lipinski definition) is 2. The molecular weight excluding hydrogens is 222 g/mol. The van der Waals surface area contributed by atoms with Gasteiger partial charge in [-0.3, -0.25) is 4.79 Å². The van der Waals surface area contributed by atoms with Gasteiger partial charge in [0.25, 0.3) is 0 Å². The Labute approximate surface area is 110 Å². The summed E-state index contributed by atoms with van der Waals surface area (Å²) in [4.78, 5) is 14.2. The summed E-state index contributed by atoms with van der Waals surface area (Å²) in [5.74, 6) is 0.264. The van der Waals surface area contributed by atoms with Crippen molar-refractivity contribution in [2.24, 2.45) is 0 Å². The predicted molar refractivity (Wildman–Crippen MR) is 76.4 cm³/mol. The standard InChI is InChI=1S/C16H23NO/c1-2-7-16(18)14-8-10-15(11-9-14)17-12-5-3-4-6-13-17/h8-11H,2-7,12-13H2,1H3. The monoisotopic (exact) mass is 245 g/mol. The van der Waals surface area contributed by atoms with E-state index < -0.39 is 0 Å². The molecule has 1 aliphatic rings. The van der Waals surface area contributed by atoms with Crippen LogP contribution in [0.1, 0.15) is 55.8 Å². The van der Waals surface area contributed by atoms with E-state index in [0.29, 0.717) is 6.42 Å². The third-order valence-electron chi connectivity index (χ3n) is 3.64. The van der Waals surface area contributed by atoms with Crippen LogP contribution in [0.2, 0.25) is 0 Å². The molecule has 2 rings (SSSR count). The van der Waals surface area contributed by atoms with E-state index in [9.17, 15) is 4.79 Å². The van der Waals surface area contributed by atoms with Crippen molar-refractivity contribution >= 4 is 11.5 Å².